The molecular weight excluding hydrogens is 104 g/mol. The number of hydrogen-bond acceptors (Lipinski definition) is 1. The van der Waals surface area contributed by atoms with E-state index in [9.17, 15) is 0 Å². The molecule has 0 N–H and O–H groups in total. The van der Waals surface area contributed by atoms with Crippen molar-refractivity contribution in [3.8, 4) is 0 Å². The van der Waals surface area contributed by atoms with Gasteiger partial charge in [-0.25, -0.2) is 0 Å². The molecule has 0 nitrogen and oxygen atoms in total. The van der Waals surface area contributed by atoms with E-state index in [1.165, 1.54) is 0 Å². The van der Waals surface area contributed by atoms with Crippen molar-refractivity contribution in [3.63, 3.8) is 0 Å². The molecule has 0 aromatic rings. The summed E-state index contributed by atoms with van der Waals surface area (Å²) in [5.41, 5.74) is 1.03. The first-order valence-electron chi connectivity index (χ1n) is 2.37. The molecule has 0 unspecified atom stereocenters. The van der Waals surface area contributed by atoms with Gasteiger partial charge in [0.2, 0.25) is 0 Å². The van der Waals surface area contributed by atoms with Crippen LogP contribution in [-0.4, -0.2) is 4.86 Å². The first-order chi connectivity index (χ1) is 3.18. The van der Waals surface area contributed by atoms with E-state index in [0.717, 1.165) is 16.9 Å². The van der Waals surface area contributed by atoms with Gasteiger partial charge in [-0.3, -0.25) is 0 Å². The fourth-order valence-electron chi connectivity index (χ4n) is 0.302. The lowest BCUT2D eigenvalue weighted by molar-refractivity contribution is 1.31. The minimum absolute atomic E-state index is 0.949. The summed E-state index contributed by atoms with van der Waals surface area (Å²) in [5.74, 6) is 0. The van der Waals surface area contributed by atoms with Crippen molar-refractivity contribution in [1.82, 2.24) is 0 Å². The average molecular weight is 114 g/mol. The van der Waals surface area contributed by atoms with Crippen LogP contribution in [0.25, 0.3) is 0 Å². The van der Waals surface area contributed by atoms with Crippen molar-refractivity contribution in [2.45, 2.75) is 20.3 Å². The van der Waals surface area contributed by atoms with Crippen LogP contribution in [0, 0.1) is 0 Å². The van der Waals surface area contributed by atoms with E-state index in [2.05, 4.69) is 6.58 Å². The third-order valence-electron chi connectivity index (χ3n) is 0.797. The molecule has 0 fully saturated rings. The Morgan fingerprint density at radius 3 is 2.14 bits per heavy atom. The van der Waals surface area contributed by atoms with E-state index in [1.807, 2.05) is 13.8 Å². The Bertz CT molecular complexity index is 92.4. The molecule has 0 amide bonds. The topological polar surface area (TPSA) is 0 Å². The molecule has 0 spiro atoms. The van der Waals surface area contributed by atoms with Gasteiger partial charge in [-0.1, -0.05) is 25.7 Å². The summed E-state index contributed by atoms with van der Waals surface area (Å²) in [4.78, 5) is 0.986. The van der Waals surface area contributed by atoms with Crippen molar-refractivity contribution >= 4 is 17.1 Å². The highest BCUT2D eigenvalue weighted by molar-refractivity contribution is 7.80. The lowest BCUT2D eigenvalue weighted by atomic mass is 10.2. The van der Waals surface area contributed by atoms with E-state index in [4.69, 9.17) is 12.2 Å². The third-order valence-corrected chi connectivity index (χ3v) is 1.43. The molecule has 0 heterocycles. The first-order valence-corrected chi connectivity index (χ1v) is 2.78. The fraction of sp³-hybridized carbons (Fsp3) is 0.500. The SMILES string of the molecule is C=C(C)C(=S)CC. The molecule has 0 aliphatic carbocycles. The number of thiocarbonyl (C=S) groups is 1. The van der Waals surface area contributed by atoms with Crippen LogP contribution in [0.2, 0.25) is 0 Å². The third kappa shape index (κ3) is 2.52. The molecule has 0 atom stereocenters. The molecule has 0 radical (unpaired) electrons. The molecule has 40 valence electrons. The van der Waals surface area contributed by atoms with Crippen LogP contribution < -0.4 is 0 Å². The zero-order valence-electron chi connectivity index (χ0n) is 4.82. The van der Waals surface area contributed by atoms with Crippen LogP contribution in [-0.2, 0) is 0 Å². The molecule has 0 aromatic carbocycles. The van der Waals surface area contributed by atoms with E-state index in [0.29, 0.717) is 0 Å². The lowest BCUT2D eigenvalue weighted by Gasteiger charge is -1.92. The Morgan fingerprint density at radius 1 is 1.71 bits per heavy atom. The first kappa shape index (κ1) is 6.83. The van der Waals surface area contributed by atoms with Gasteiger partial charge < -0.3 is 0 Å². The van der Waals surface area contributed by atoms with Crippen LogP contribution >= 0.6 is 12.2 Å². The summed E-state index contributed by atoms with van der Waals surface area (Å²) < 4.78 is 0. The van der Waals surface area contributed by atoms with Crippen LogP contribution in [0.3, 0.4) is 0 Å². The minimum atomic E-state index is 0.949. The summed E-state index contributed by atoms with van der Waals surface area (Å²) in [6.45, 7) is 7.66. The number of rotatable bonds is 2. The molecule has 0 aliphatic heterocycles. The highest BCUT2D eigenvalue weighted by Crippen LogP contribution is 1.95. The van der Waals surface area contributed by atoms with Crippen molar-refractivity contribution in [2.75, 3.05) is 0 Å². The molecule has 0 rings (SSSR count). The summed E-state index contributed by atoms with van der Waals surface area (Å²) in [6, 6.07) is 0. The highest BCUT2D eigenvalue weighted by Gasteiger charge is 1.88. The summed E-state index contributed by atoms with van der Waals surface area (Å²) in [5, 5.41) is 0. The normalized spacial score (nSPS) is 8.29. The van der Waals surface area contributed by atoms with E-state index in [-0.39, 0.29) is 0 Å². The predicted octanol–water partition coefficient (Wildman–Crippen LogP) is 2.34. The molecule has 0 bridgehead atoms. The molecule has 0 aromatic heterocycles. The van der Waals surface area contributed by atoms with Crippen molar-refractivity contribution in [2.24, 2.45) is 0 Å². The Hall–Kier alpha value is -0.170. The van der Waals surface area contributed by atoms with Crippen molar-refractivity contribution in [3.05, 3.63) is 12.2 Å². The molecule has 0 aliphatic rings. The quantitative estimate of drug-likeness (QED) is 0.392. The van der Waals surface area contributed by atoms with Gasteiger partial charge in [0.1, 0.15) is 0 Å². The number of allylic oxidation sites excluding steroid dienone is 1. The zero-order valence-corrected chi connectivity index (χ0v) is 5.64. The molecular formula is C6H10S. The number of hydrogen-bond donors (Lipinski definition) is 0. The van der Waals surface area contributed by atoms with Crippen LogP contribution in [0.1, 0.15) is 20.3 Å². The summed E-state index contributed by atoms with van der Waals surface area (Å²) in [6.07, 6.45) is 0.949. The van der Waals surface area contributed by atoms with Gasteiger partial charge in [0.25, 0.3) is 0 Å². The zero-order chi connectivity index (χ0) is 5.86. The van der Waals surface area contributed by atoms with Gasteiger partial charge in [-0.15, -0.1) is 0 Å². The van der Waals surface area contributed by atoms with Gasteiger partial charge in [0, 0.05) is 4.86 Å². The van der Waals surface area contributed by atoms with Gasteiger partial charge in [0.15, 0.2) is 0 Å². The van der Waals surface area contributed by atoms with Gasteiger partial charge in [-0.2, -0.15) is 0 Å². The maximum Gasteiger partial charge on any atom is 0.0172 e. The Balaban J connectivity index is 3.58. The smallest absolute Gasteiger partial charge is 0.0172 e. The Morgan fingerprint density at radius 2 is 2.14 bits per heavy atom. The lowest BCUT2D eigenvalue weighted by Crippen LogP contribution is -1.89. The highest BCUT2D eigenvalue weighted by atomic mass is 32.1. The monoisotopic (exact) mass is 114 g/mol. The van der Waals surface area contributed by atoms with E-state index in [1.54, 1.807) is 0 Å². The second-order valence-electron chi connectivity index (χ2n) is 1.56. The fourth-order valence-corrected chi connectivity index (χ4v) is 0.302. The largest absolute Gasteiger partial charge is 0.0950 e. The molecule has 7 heavy (non-hydrogen) atoms. The molecule has 0 saturated heterocycles. The average Bonchev–Trinajstić information content (AvgIpc) is 1.65. The molecule has 1 heteroatoms. The van der Waals surface area contributed by atoms with Crippen LogP contribution in [0.5, 0.6) is 0 Å². The van der Waals surface area contributed by atoms with Crippen molar-refractivity contribution < 1.29 is 0 Å². The van der Waals surface area contributed by atoms with Crippen LogP contribution in [0.15, 0.2) is 12.2 Å². The van der Waals surface area contributed by atoms with Crippen LogP contribution in [0.4, 0.5) is 0 Å². The van der Waals surface area contributed by atoms with Gasteiger partial charge in [-0.05, 0) is 18.9 Å². The summed E-state index contributed by atoms with van der Waals surface area (Å²) >= 11 is 4.88. The maximum atomic E-state index is 4.88. The molecule has 0 saturated carbocycles. The minimum Gasteiger partial charge on any atom is -0.0950 e. The van der Waals surface area contributed by atoms with E-state index < -0.39 is 0 Å². The Kier molecular flexibility index (Phi) is 2.84. The second kappa shape index (κ2) is 2.92. The maximum absolute atomic E-state index is 4.88. The van der Waals surface area contributed by atoms with Gasteiger partial charge >= 0.3 is 0 Å². The van der Waals surface area contributed by atoms with Crippen molar-refractivity contribution in [1.29, 1.82) is 0 Å². The second-order valence-corrected chi connectivity index (χ2v) is 2.05. The standard InChI is InChI=1S/C6H10S/c1-4-6(7)5(2)3/h2,4H2,1,3H3. The predicted molar refractivity (Wildman–Crippen MR) is 37.7 cm³/mol. The Labute approximate surface area is 50.2 Å². The van der Waals surface area contributed by atoms with E-state index >= 15 is 0 Å². The van der Waals surface area contributed by atoms with Gasteiger partial charge in [0.05, 0.1) is 0 Å². The summed E-state index contributed by atoms with van der Waals surface area (Å²) in [7, 11) is 0.